The maximum absolute atomic E-state index is 8.78. The van der Waals surface area contributed by atoms with Crippen molar-refractivity contribution < 1.29 is 5.11 Å². The van der Waals surface area contributed by atoms with Gasteiger partial charge in [-0.3, -0.25) is 0 Å². The molecule has 0 spiro atoms. The predicted molar refractivity (Wildman–Crippen MR) is 51.1 cm³/mol. The van der Waals surface area contributed by atoms with E-state index in [0.29, 0.717) is 5.25 Å². The summed E-state index contributed by atoms with van der Waals surface area (Å²) in [6.45, 7) is 2.24. The van der Waals surface area contributed by atoms with Gasteiger partial charge in [0.1, 0.15) is 5.82 Å². The standard InChI is InChI=1S/C8H14N2OS/c1-7(5-11)12-6-8-9-3-4-10(8)2/h3-4,7,11H,5-6H2,1-2H3. The second-order valence-corrected chi connectivity index (χ2v) is 4.19. The number of nitrogens with zero attached hydrogens (tertiary/aromatic N) is 2. The van der Waals surface area contributed by atoms with E-state index < -0.39 is 0 Å². The molecule has 0 aliphatic heterocycles. The quantitative estimate of drug-likeness (QED) is 0.763. The largest absolute Gasteiger partial charge is 0.395 e. The summed E-state index contributed by atoms with van der Waals surface area (Å²) in [5, 5.41) is 9.08. The molecule has 1 rings (SSSR count). The van der Waals surface area contributed by atoms with Gasteiger partial charge in [-0.05, 0) is 0 Å². The number of aliphatic hydroxyl groups excluding tert-OH is 1. The molecule has 0 radical (unpaired) electrons. The van der Waals surface area contributed by atoms with E-state index in [1.54, 1.807) is 18.0 Å². The Labute approximate surface area is 76.8 Å². The molecule has 0 aliphatic carbocycles. The first-order valence-corrected chi connectivity index (χ1v) is 4.97. The van der Waals surface area contributed by atoms with Crippen LogP contribution in [0.15, 0.2) is 12.4 Å². The second kappa shape index (κ2) is 4.52. The third kappa shape index (κ3) is 2.53. The molecular formula is C8H14N2OS. The molecule has 1 unspecified atom stereocenters. The van der Waals surface area contributed by atoms with Crippen LogP contribution in [0.25, 0.3) is 0 Å². The Morgan fingerprint density at radius 3 is 3.00 bits per heavy atom. The second-order valence-electron chi connectivity index (χ2n) is 2.76. The van der Waals surface area contributed by atoms with Crippen LogP contribution in [-0.2, 0) is 12.8 Å². The van der Waals surface area contributed by atoms with Crippen molar-refractivity contribution in [1.82, 2.24) is 9.55 Å². The minimum atomic E-state index is 0.231. The van der Waals surface area contributed by atoms with Crippen LogP contribution < -0.4 is 0 Å². The summed E-state index contributed by atoms with van der Waals surface area (Å²) in [7, 11) is 1.98. The smallest absolute Gasteiger partial charge is 0.118 e. The average Bonchev–Trinajstić information content (AvgIpc) is 2.47. The van der Waals surface area contributed by atoms with Gasteiger partial charge in [-0.2, -0.15) is 0 Å². The van der Waals surface area contributed by atoms with E-state index in [-0.39, 0.29) is 6.61 Å². The monoisotopic (exact) mass is 186 g/mol. The summed E-state index contributed by atoms with van der Waals surface area (Å²) in [5.74, 6) is 1.92. The summed E-state index contributed by atoms with van der Waals surface area (Å²) in [6.07, 6.45) is 3.72. The number of hydrogen-bond acceptors (Lipinski definition) is 3. The highest BCUT2D eigenvalue weighted by atomic mass is 32.2. The molecule has 0 amide bonds. The van der Waals surface area contributed by atoms with Crippen LogP contribution in [0, 0.1) is 0 Å². The van der Waals surface area contributed by atoms with Crippen LogP contribution in [-0.4, -0.2) is 26.5 Å². The topological polar surface area (TPSA) is 38.1 Å². The molecule has 68 valence electrons. The first kappa shape index (κ1) is 9.61. The van der Waals surface area contributed by atoms with Crippen LogP contribution in [0.2, 0.25) is 0 Å². The molecule has 0 bridgehead atoms. The molecule has 3 nitrogen and oxygen atoms in total. The minimum Gasteiger partial charge on any atom is -0.395 e. The highest BCUT2D eigenvalue weighted by molar-refractivity contribution is 7.99. The van der Waals surface area contributed by atoms with E-state index in [1.165, 1.54) is 0 Å². The molecule has 0 saturated heterocycles. The fraction of sp³-hybridized carbons (Fsp3) is 0.625. The van der Waals surface area contributed by atoms with E-state index in [9.17, 15) is 0 Å². The van der Waals surface area contributed by atoms with Crippen molar-refractivity contribution in [3.63, 3.8) is 0 Å². The lowest BCUT2D eigenvalue weighted by Gasteiger charge is -2.06. The molecule has 0 saturated carbocycles. The van der Waals surface area contributed by atoms with Gasteiger partial charge in [-0.1, -0.05) is 6.92 Å². The van der Waals surface area contributed by atoms with Crippen LogP contribution in [0.4, 0.5) is 0 Å². The SMILES string of the molecule is CC(CO)SCc1nccn1C. The Kier molecular flexibility index (Phi) is 3.62. The fourth-order valence-corrected chi connectivity index (χ4v) is 1.62. The zero-order valence-corrected chi connectivity index (χ0v) is 8.21. The first-order valence-electron chi connectivity index (χ1n) is 3.92. The maximum atomic E-state index is 8.78. The molecule has 0 aliphatic rings. The van der Waals surface area contributed by atoms with E-state index >= 15 is 0 Å². The van der Waals surface area contributed by atoms with Crippen molar-refractivity contribution in [2.24, 2.45) is 7.05 Å². The molecule has 4 heteroatoms. The highest BCUT2D eigenvalue weighted by Gasteiger charge is 2.03. The van der Waals surface area contributed by atoms with Gasteiger partial charge in [0.25, 0.3) is 0 Å². The van der Waals surface area contributed by atoms with Gasteiger partial charge in [-0.15, -0.1) is 11.8 Å². The number of aromatic nitrogens is 2. The Bertz CT molecular complexity index is 237. The van der Waals surface area contributed by atoms with Crippen molar-refractivity contribution in [3.8, 4) is 0 Å². The van der Waals surface area contributed by atoms with Gasteiger partial charge >= 0.3 is 0 Å². The molecular weight excluding hydrogens is 172 g/mol. The Balaban J connectivity index is 2.38. The van der Waals surface area contributed by atoms with E-state index in [1.807, 2.05) is 24.7 Å². The molecule has 12 heavy (non-hydrogen) atoms. The molecule has 1 heterocycles. The highest BCUT2D eigenvalue weighted by Crippen LogP contribution is 2.15. The number of imidazole rings is 1. The lowest BCUT2D eigenvalue weighted by Crippen LogP contribution is -2.04. The van der Waals surface area contributed by atoms with Gasteiger partial charge in [0, 0.05) is 24.7 Å². The first-order chi connectivity index (χ1) is 5.74. The third-order valence-electron chi connectivity index (χ3n) is 1.68. The van der Waals surface area contributed by atoms with E-state index in [4.69, 9.17) is 5.11 Å². The summed E-state index contributed by atoms with van der Waals surface area (Å²) < 4.78 is 2.00. The van der Waals surface area contributed by atoms with Crippen LogP contribution in [0.3, 0.4) is 0 Å². The maximum Gasteiger partial charge on any atom is 0.118 e. The van der Waals surface area contributed by atoms with Gasteiger partial charge in [0.2, 0.25) is 0 Å². The molecule has 1 atom stereocenters. The van der Waals surface area contributed by atoms with E-state index in [2.05, 4.69) is 4.98 Å². The summed E-state index contributed by atoms with van der Waals surface area (Å²) in [6, 6.07) is 0. The molecule has 0 aromatic carbocycles. The lowest BCUT2D eigenvalue weighted by atomic mass is 10.5. The lowest BCUT2D eigenvalue weighted by molar-refractivity contribution is 0.300. The Morgan fingerprint density at radius 2 is 2.50 bits per heavy atom. The van der Waals surface area contributed by atoms with Crippen molar-refractivity contribution in [2.45, 2.75) is 17.9 Å². The molecule has 1 aromatic rings. The number of aryl methyl sites for hydroxylation is 1. The van der Waals surface area contributed by atoms with Crippen molar-refractivity contribution in [2.75, 3.05) is 6.61 Å². The van der Waals surface area contributed by atoms with E-state index in [0.717, 1.165) is 11.6 Å². The number of thioether (sulfide) groups is 1. The average molecular weight is 186 g/mol. The Hall–Kier alpha value is -0.480. The molecule has 0 fully saturated rings. The van der Waals surface area contributed by atoms with Gasteiger partial charge in [0.15, 0.2) is 0 Å². The summed E-state index contributed by atoms with van der Waals surface area (Å²) in [4.78, 5) is 4.18. The Morgan fingerprint density at radius 1 is 1.75 bits per heavy atom. The number of hydrogen-bond donors (Lipinski definition) is 1. The van der Waals surface area contributed by atoms with Gasteiger partial charge < -0.3 is 9.67 Å². The molecule has 1 aromatic heterocycles. The number of rotatable bonds is 4. The third-order valence-corrected chi connectivity index (χ3v) is 2.82. The number of aliphatic hydroxyl groups is 1. The van der Waals surface area contributed by atoms with Crippen LogP contribution >= 0.6 is 11.8 Å². The van der Waals surface area contributed by atoms with Gasteiger partial charge in [0.05, 0.1) is 12.4 Å². The fourth-order valence-electron chi connectivity index (χ4n) is 0.805. The van der Waals surface area contributed by atoms with Crippen molar-refractivity contribution >= 4 is 11.8 Å². The van der Waals surface area contributed by atoms with Crippen LogP contribution in [0.1, 0.15) is 12.7 Å². The van der Waals surface area contributed by atoms with Crippen molar-refractivity contribution in [3.05, 3.63) is 18.2 Å². The summed E-state index contributed by atoms with van der Waals surface area (Å²) in [5.41, 5.74) is 0. The normalized spacial score (nSPS) is 13.2. The molecule has 1 N–H and O–H groups in total. The predicted octanol–water partition coefficient (Wildman–Crippen LogP) is 1.03. The summed E-state index contributed by atoms with van der Waals surface area (Å²) >= 11 is 1.71. The zero-order chi connectivity index (χ0) is 8.97. The minimum absolute atomic E-state index is 0.231. The van der Waals surface area contributed by atoms with Gasteiger partial charge in [-0.25, -0.2) is 4.98 Å². The van der Waals surface area contributed by atoms with Crippen molar-refractivity contribution in [1.29, 1.82) is 0 Å². The van der Waals surface area contributed by atoms with Crippen LogP contribution in [0.5, 0.6) is 0 Å². The zero-order valence-electron chi connectivity index (χ0n) is 7.40.